The normalized spacial score (nSPS) is 15.8. The largest absolute Gasteiger partial charge is 0.465 e. The number of amides is 1. The minimum atomic E-state index is -4.83. The maximum atomic E-state index is 13.2. The van der Waals surface area contributed by atoms with Crippen LogP contribution in [0.2, 0.25) is 0 Å². The van der Waals surface area contributed by atoms with Crippen molar-refractivity contribution >= 4 is 11.9 Å². The summed E-state index contributed by atoms with van der Waals surface area (Å²) in [7, 11) is 0. The summed E-state index contributed by atoms with van der Waals surface area (Å²) in [6.45, 7) is 4.82. The number of hydrogen-bond donors (Lipinski definition) is 0. The third-order valence-corrected chi connectivity index (χ3v) is 4.80. The van der Waals surface area contributed by atoms with Crippen molar-refractivity contribution in [2.45, 2.75) is 45.7 Å². The number of ether oxygens (including phenoxy) is 1. The van der Waals surface area contributed by atoms with Gasteiger partial charge in [0.25, 0.3) is 5.91 Å². The van der Waals surface area contributed by atoms with Crippen molar-refractivity contribution in [1.82, 2.24) is 4.90 Å². The van der Waals surface area contributed by atoms with Gasteiger partial charge in [-0.1, -0.05) is 13.8 Å². The third-order valence-electron chi connectivity index (χ3n) is 4.80. The molecule has 0 aromatic heterocycles. The number of esters is 1. The summed E-state index contributed by atoms with van der Waals surface area (Å²) in [5, 5.41) is 0. The molecule has 1 saturated heterocycles. The summed E-state index contributed by atoms with van der Waals surface area (Å²) in [6, 6.07) is 2.02. The Morgan fingerprint density at radius 3 is 2.43 bits per heavy atom. The molecule has 0 bridgehead atoms. The highest BCUT2D eigenvalue weighted by atomic mass is 19.4. The van der Waals surface area contributed by atoms with Crippen molar-refractivity contribution in [3.63, 3.8) is 0 Å². The Morgan fingerprint density at radius 2 is 1.86 bits per heavy atom. The number of alkyl halides is 3. The summed E-state index contributed by atoms with van der Waals surface area (Å²) in [6.07, 6.45) is -2.43. The summed E-state index contributed by atoms with van der Waals surface area (Å²) >= 11 is 0. The Balaban J connectivity index is 1.93. The molecular formula is C20H25F4NO3. The number of carbonyl (C=O) groups excluding carboxylic acids is 2. The van der Waals surface area contributed by atoms with Crippen LogP contribution in [0.4, 0.5) is 17.6 Å². The summed E-state index contributed by atoms with van der Waals surface area (Å²) in [4.78, 5) is 25.9. The van der Waals surface area contributed by atoms with Crippen molar-refractivity contribution in [3.05, 3.63) is 35.1 Å². The zero-order valence-electron chi connectivity index (χ0n) is 16.0. The number of nitrogens with zero attached hydrogens (tertiary/aromatic N) is 1. The maximum absolute atomic E-state index is 13.2. The lowest BCUT2D eigenvalue weighted by molar-refractivity contribution is -0.150. The van der Waals surface area contributed by atoms with E-state index in [9.17, 15) is 27.2 Å². The number of benzene rings is 1. The highest BCUT2D eigenvalue weighted by molar-refractivity contribution is 5.96. The fraction of sp³-hybridized carbons (Fsp3) is 0.600. The molecule has 0 spiro atoms. The number of hydrogen-bond acceptors (Lipinski definition) is 3. The van der Waals surface area contributed by atoms with E-state index >= 15 is 0 Å². The lowest BCUT2D eigenvalue weighted by atomic mass is 9.96. The maximum Gasteiger partial charge on any atom is 0.417 e. The molecule has 28 heavy (non-hydrogen) atoms. The predicted molar refractivity (Wildman–Crippen MR) is 95.1 cm³/mol. The zero-order valence-corrected chi connectivity index (χ0v) is 16.0. The smallest absolute Gasteiger partial charge is 0.417 e. The first-order valence-electron chi connectivity index (χ1n) is 9.42. The second kappa shape index (κ2) is 9.39. The average Bonchev–Trinajstić information content (AvgIpc) is 2.63. The molecule has 0 radical (unpaired) electrons. The first-order chi connectivity index (χ1) is 13.1. The Morgan fingerprint density at radius 1 is 1.21 bits per heavy atom. The zero-order chi connectivity index (χ0) is 20.9. The SMILES string of the molecule is CC(C)CCCOC(=O)C1CCN(C(=O)c2ccc(F)cc2C(F)(F)F)CC1. The highest BCUT2D eigenvalue weighted by Gasteiger charge is 2.37. The fourth-order valence-corrected chi connectivity index (χ4v) is 3.21. The topological polar surface area (TPSA) is 46.6 Å². The summed E-state index contributed by atoms with van der Waals surface area (Å²) in [5.41, 5.74) is -1.87. The van der Waals surface area contributed by atoms with E-state index in [1.807, 2.05) is 0 Å². The lowest BCUT2D eigenvalue weighted by Gasteiger charge is -2.31. The van der Waals surface area contributed by atoms with Crippen molar-refractivity contribution in [3.8, 4) is 0 Å². The van der Waals surface area contributed by atoms with Gasteiger partial charge in [0.15, 0.2) is 0 Å². The fourth-order valence-electron chi connectivity index (χ4n) is 3.21. The van der Waals surface area contributed by atoms with Crippen LogP contribution in [-0.2, 0) is 15.7 Å². The molecule has 1 heterocycles. The number of halogens is 4. The minimum Gasteiger partial charge on any atom is -0.465 e. The number of rotatable bonds is 6. The lowest BCUT2D eigenvalue weighted by Crippen LogP contribution is -2.41. The van der Waals surface area contributed by atoms with Gasteiger partial charge in [0.1, 0.15) is 5.82 Å². The van der Waals surface area contributed by atoms with Crippen molar-refractivity contribution in [1.29, 1.82) is 0 Å². The highest BCUT2D eigenvalue weighted by Crippen LogP contribution is 2.33. The van der Waals surface area contributed by atoms with E-state index in [0.717, 1.165) is 25.0 Å². The Labute approximate surface area is 161 Å². The quantitative estimate of drug-likeness (QED) is 0.394. The summed E-state index contributed by atoms with van der Waals surface area (Å²) in [5.74, 6) is -2.02. The molecule has 4 nitrogen and oxygen atoms in total. The van der Waals surface area contributed by atoms with Crippen LogP contribution in [0.25, 0.3) is 0 Å². The number of piperidine rings is 1. The van der Waals surface area contributed by atoms with Crippen LogP contribution in [-0.4, -0.2) is 36.5 Å². The molecule has 1 aromatic carbocycles. The van der Waals surface area contributed by atoms with E-state index < -0.39 is 29.0 Å². The molecule has 0 atom stereocenters. The van der Waals surface area contributed by atoms with E-state index in [1.54, 1.807) is 0 Å². The monoisotopic (exact) mass is 403 g/mol. The molecule has 0 N–H and O–H groups in total. The second-order valence-electron chi connectivity index (χ2n) is 7.46. The second-order valence-corrected chi connectivity index (χ2v) is 7.46. The molecule has 0 unspecified atom stereocenters. The van der Waals surface area contributed by atoms with E-state index in [-0.39, 0.29) is 25.0 Å². The molecule has 2 rings (SSSR count). The molecule has 1 aliphatic rings. The molecule has 0 saturated carbocycles. The van der Waals surface area contributed by atoms with Crippen LogP contribution in [0.5, 0.6) is 0 Å². The number of carbonyl (C=O) groups is 2. The first kappa shape index (κ1) is 22.2. The van der Waals surface area contributed by atoms with Gasteiger partial charge in [-0.3, -0.25) is 9.59 Å². The molecule has 1 amide bonds. The molecule has 1 aliphatic heterocycles. The van der Waals surface area contributed by atoms with Gasteiger partial charge in [-0.2, -0.15) is 13.2 Å². The Kier molecular flexibility index (Phi) is 7.43. The van der Waals surface area contributed by atoms with Crippen LogP contribution >= 0.6 is 0 Å². The van der Waals surface area contributed by atoms with Gasteiger partial charge >= 0.3 is 12.1 Å². The first-order valence-corrected chi connectivity index (χ1v) is 9.42. The van der Waals surface area contributed by atoms with Crippen molar-refractivity contribution < 1.29 is 31.9 Å². The Bertz CT molecular complexity index is 695. The third kappa shape index (κ3) is 5.94. The van der Waals surface area contributed by atoms with Gasteiger partial charge in [-0.25, -0.2) is 4.39 Å². The van der Waals surface area contributed by atoms with Crippen molar-refractivity contribution in [2.75, 3.05) is 19.7 Å². The van der Waals surface area contributed by atoms with Gasteiger partial charge in [0, 0.05) is 13.1 Å². The van der Waals surface area contributed by atoms with E-state index in [0.29, 0.717) is 31.4 Å². The van der Waals surface area contributed by atoms with Crippen LogP contribution in [0, 0.1) is 17.7 Å². The molecular weight excluding hydrogens is 378 g/mol. The van der Waals surface area contributed by atoms with Gasteiger partial charge < -0.3 is 9.64 Å². The van der Waals surface area contributed by atoms with E-state index in [4.69, 9.17) is 4.74 Å². The van der Waals surface area contributed by atoms with Gasteiger partial charge in [-0.05, 0) is 49.8 Å². The van der Waals surface area contributed by atoms with Gasteiger partial charge in [-0.15, -0.1) is 0 Å². The molecule has 156 valence electrons. The molecule has 0 aliphatic carbocycles. The Hall–Kier alpha value is -2.12. The van der Waals surface area contributed by atoms with Gasteiger partial charge in [0.05, 0.1) is 23.7 Å². The van der Waals surface area contributed by atoms with Crippen LogP contribution < -0.4 is 0 Å². The van der Waals surface area contributed by atoms with Crippen LogP contribution in [0.15, 0.2) is 18.2 Å². The van der Waals surface area contributed by atoms with Crippen LogP contribution in [0.3, 0.4) is 0 Å². The number of likely N-dealkylation sites (tertiary alicyclic amines) is 1. The van der Waals surface area contributed by atoms with E-state index in [1.165, 1.54) is 4.90 Å². The molecule has 1 aromatic rings. The molecule has 1 fully saturated rings. The van der Waals surface area contributed by atoms with E-state index in [2.05, 4.69) is 13.8 Å². The van der Waals surface area contributed by atoms with Crippen molar-refractivity contribution in [2.24, 2.45) is 11.8 Å². The molecule has 8 heteroatoms. The average molecular weight is 403 g/mol. The van der Waals surface area contributed by atoms with Crippen LogP contribution in [0.1, 0.15) is 55.5 Å². The summed E-state index contributed by atoms with van der Waals surface area (Å²) < 4.78 is 57.8. The van der Waals surface area contributed by atoms with Gasteiger partial charge in [0.2, 0.25) is 0 Å². The minimum absolute atomic E-state index is 0.152. The standard InChI is InChI=1S/C20H25F4NO3/c1-13(2)4-3-11-28-19(27)14-7-9-25(10-8-14)18(26)16-6-5-15(21)12-17(16)20(22,23)24/h5-6,12-14H,3-4,7-11H2,1-2H3. The predicted octanol–water partition coefficient (Wildman–Crippen LogP) is 4.68.